The Morgan fingerprint density at radius 3 is 3.00 bits per heavy atom. The minimum absolute atomic E-state index is 0.696. The van der Waals surface area contributed by atoms with Crippen molar-refractivity contribution in [2.45, 2.75) is 6.92 Å². The van der Waals surface area contributed by atoms with E-state index < -0.39 is 0 Å². The van der Waals surface area contributed by atoms with Crippen molar-refractivity contribution >= 4 is 29.5 Å². The number of nitrogens with one attached hydrogen (secondary N) is 1. The second-order valence-corrected chi connectivity index (χ2v) is 3.53. The summed E-state index contributed by atoms with van der Waals surface area (Å²) < 4.78 is 0. The molecule has 2 rings (SSSR count). The first-order valence-electron chi connectivity index (χ1n) is 4.35. The second kappa shape index (κ2) is 3.80. The topological polar surface area (TPSA) is 36.8 Å². The van der Waals surface area contributed by atoms with Gasteiger partial charge in [0.25, 0.3) is 0 Å². The maximum Gasteiger partial charge on any atom is 0.149 e. The number of hydrogen-bond donors (Lipinski definition) is 1. The molecule has 0 saturated heterocycles. The van der Waals surface area contributed by atoms with Gasteiger partial charge in [0.1, 0.15) is 5.84 Å². The minimum Gasteiger partial charge on any atom is -0.369 e. The molecule has 1 heterocycles. The van der Waals surface area contributed by atoms with Crippen molar-refractivity contribution in [2.75, 3.05) is 6.54 Å². The number of aryl methyl sites for hydroxylation is 1. The van der Waals surface area contributed by atoms with Crippen LogP contribution in [0.15, 0.2) is 28.2 Å². The highest BCUT2D eigenvalue weighted by atomic mass is 35.5. The van der Waals surface area contributed by atoms with Crippen molar-refractivity contribution in [1.82, 2.24) is 5.32 Å². The van der Waals surface area contributed by atoms with Crippen molar-refractivity contribution < 1.29 is 0 Å². The number of nitrogens with zero attached hydrogens (tertiary/aromatic N) is 2. The molecule has 14 heavy (non-hydrogen) atoms. The molecule has 0 aliphatic carbocycles. The molecule has 72 valence electrons. The Morgan fingerprint density at radius 1 is 1.50 bits per heavy atom. The molecule has 1 aliphatic heterocycles. The lowest BCUT2D eigenvalue weighted by Gasteiger charge is -2.00. The van der Waals surface area contributed by atoms with Crippen LogP contribution in [0, 0.1) is 6.92 Å². The molecule has 1 aliphatic rings. The van der Waals surface area contributed by atoms with Gasteiger partial charge < -0.3 is 5.32 Å². The van der Waals surface area contributed by atoms with Gasteiger partial charge in [0.15, 0.2) is 0 Å². The number of halogens is 1. The molecule has 0 unspecified atom stereocenters. The molecule has 1 aromatic rings. The largest absolute Gasteiger partial charge is 0.369 e. The van der Waals surface area contributed by atoms with E-state index in [1.807, 2.05) is 25.1 Å². The Hall–Kier alpha value is -1.35. The summed E-state index contributed by atoms with van der Waals surface area (Å²) in [5, 5.41) is 3.71. The van der Waals surface area contributed by atoms with Crippen LogP contribution in [0.5, 0.6) is 0 Å². The van der Waals surface area contributed by atoms with E-state index in [1.165, 1.54) is 0 Å². The van der Waals surface area contributed by atoms with Crippen LogP contribution >= 0.6 is 11.6 Å². The lowest BCUT2D eigenvalue weighted by atomic mass is 10.2. The van der Waals surface area contributed by atoms with E-state index >= 15 is 0 Å². The van der Waals surface area contributed by atoms with Crippen LogP contribution in [-0.2, 0) is 0 Å². The fraction of sp³-hybridized carbons (Fsp3) is 0.200. The van der Waals surface area contributed by atoms with Crippen LogP contribution in [-0.4, -0.2) is 18.7 Å². The second-order valence-electron chi connectivity index (χ2n) is 3.10. The highest BCUT2D eigenvalue weighted by Crippen LogP contribution is 2.22. The van der Waals surface area contributed by atoms with Gasteiger partial charge in [0, 0.05) is 5.02 Å². The van der Waals surface area contributed by atoms with Crippen LogP contribution < -0.4 is 5.32 Å². The standard InChI is InChI=1S/C10H10ClN3/c1-7-4-8(11)2-3-9(7)14-10-5-12-6-13-10/h2-4,6H,5H2,1H3,(H,12,13,14). The van der Waals surface area contributed by atoms with Gasteiger partial charge in [-0.3, -0.25) is 0 Å². The molecule has 0 amide bonds. The molecule has 1 aromatic carbocycles. The number of aliphatic imine (C=N–C) groups is 2. The summed E-state index contributed by atoms with van der Waals surface area (Å²) in [4.78, 5) is 8.47. The Bertz CT molecular complexity index is 410. The molecule has 0 fully saturated rings. The minimum atomic E-state index is 0.696. The third-order valence-electron chi connectivity index (χ3n) is 1.97. The van der Waals surface area contributed by atoms with Crippen LogP contribution in [0.25, 0.3) is 0 Å². The number of amidine groups is 1. The molecule has 0 atom stereocenters. The predicted molar refractivity (Wildman–Crippen MR) is 59.8 cm³/mol. The van der Waals surface area contributed by atoms with Crippen molar-refractivity contribution in [3.8, 4) is 0 Å². The Labute approximate surface area is 87.5 Å². The molecule has 0 saturated carbocycles. The van der Waals surface area contributed by atoms with E-state index in [0.29, 0.717) is 6.54 Å². The van der Waals surface area contributed by atoms with Gasteiger partial charge in [0.05, 0.1) is 18.6 Å². The molecule has 0 bridgehead atoms. The summed E-state index contributed by atoms with van der Waals surface area (Å²) in [6.07, 6.45) is 1.66. The maximum absolute atomic E-state index is 5.84. The lowest BCUT2D eigenvalue weighted by molar-refractivity contribution is 1.14. The average Bonchev–Trinajstić information content (AvgIpc) is 2.62. The highest BCUT2D eigenvalue weighted by molar-refractivity contribution is 6.30. The summed E-state index contributed by atoms with van der Waals surface area (Å²) in [5.41, 5.74) is 1.98. The Balaban J connectivity index is 2.33. The quantitative estimate of drug-likeness (QED) is 0.754. The number of benzene rings is 1. The zero-order valence-electron chi connectivity index (χ0n) is 7.79. The normalized spacial score (nSPS) is 17.4. The summed E-state index contributed by atoms with van der Waals surface area (Å²) in [7, 11) is 0. The van der Waals surface area contributed by atoms with E-state index in [1.54, 1.807) is 6.34 Å². The van der Waals surface area contributed by atoms with Gasteiger partial charge in [0.2, 0.25) is 0 Å². The Morgan fingerprint density at radius 2 is 2.36 bits per heavy atom. The molecule has 4 heteroatoms. The third-order valence-corrected chi connectivity index (χ3v) is 2.21. The van der Waals surface area contributed by atoms with E-state index in [-0.39, 0.29) is 0 Å². The predicted octanol–water partition coefficient (Wildman–Crippen LogP) is 2.31. The van der Waals surface area contributed by atoms with Gasteiger partial charge in [-0.15, -0.1) is 0 Å². The fourth-order valence-corrected chi connectivity index (χ4v) is 1.48. The summed E-state index contributed by atoms with van der Waals surface area (Å²) in [5.74, 6) is 0.801. The van der Waals surface area contributed by atoms with Gasteiger partial charge >= 0.3 is 0 Å². The summed E-state index contributed by atoms with van der Waals surface area (Å²) in [6.45, 7) is 2.68. The summed E-state index contributed by atoms with van der Waals surface area (Å²) in [6, 6.07) is 5.63. The van der Waals surface area contributed by atoms with Crippen molar-refractivity contribution in [3.05, 3.63) is 28.8 Å². The van der Waals surface area contributed by atoms with E-state index in [9.17, 15) is 0 Å². The van der Waals surface area contributed by atoms with Crippen molar-refractivity contribution in [2.24, 2.45) is 9.98 Å². The van der Waals surface area contributed by atoms with Crippen LogP contribution in [0.2, 0.25) is 5.02 Å². The first kappa shape index (κ1) is 9.21. The number of rotatable bonds is 1. The molecule has 3 nitrogen and oxygen atoms in total. The van der Waals surface area contributed by atoms with Crippen LogP contribution in [0.1, 0.15) is 5.56 Å². The fourth-order valence-electron chi connectivity index (χ4n) is 1.25. The smallest absolute Gasteiger partial charge is 0.149 e. The molecular formula is C10H10ClN3. The number of hydrogen-bond acceptors (Lipinski definition) is 2. The van der Waals surface area contributed by atoms with Gasteiger partial charge in [-0.05, 0) is 30.7 Å². The molecule has 0 spiro atoms. The molecule has 1 N–H and O–H groups in total. The third kappa shape index (κ3) is 1.93. The molecular weight excluding hydrogens is 198 g/mol. The van der Waals surface area contributed by atoms with Gasteiger partial charge in [-0.2, -0.15) is 0 Å². The first-order valence-corrected chi connectivity index (χ1v) is 4.73. The SMILES string of the molecule is Cc1cc(Cl)ccc1/N=C1\CNC=N1. The van der Waals surface area contributed by atoms with Crippen LogP contribution in [0.4, 0.5) is 5.69 Å². The van der Waals surface area contributed by atoms with Gasteiger partial charge in [-0.1, -0.05) is 11.6 Å². The first-order chi connectivity index (χ1) is 6.75. The highest BCUT2D eigenvalue weighted by Gasteiger charge is 2.03. The summed E-state index contributed by atoms with van der Waals surface area (Å²) >= 11 is 5.84. The van der Waals surface area contributed by atoms with E-state index in [4.69, 9.17) is 11.6 Å². The maximum atomic E-state index is 5.84. The molecule has 0 aromatic heterocycles. The lowest BCUT2D eigenvalue weighted by Crippen LogP contribution is -2.09. The monoisotopic (exact) mass is 207 g/mol. The molecule has 0 radical (unpaired) electrons. The zero-order valence-corrected chi connectivity index (χ0v) is 8.54. The van der Waals surface area contributed by atoms with E-state index in [2.05, 4.69) is 15.3 Å². The Kier molecular flexibility index (Phi) is 2.50. The zero-order chi connectivity index (χ0) is 9.97. The van der Waals surface area contributed by atoms with Crippen LogP contribution in [0.3, 0.4) is 0 Å². The van der Waals surface area contributed by atoms with Gasteiger partial charge in [-0.25, -0.2) is 9.98 Å². The van der Waals surface area contributed by atoms with Crippen molar-refractivity contribution in [3.63, 3.8) is 0 Å². The average molecular weight is 208 g/mol. The van der Waals surface area contributed by atoms with E-state index in [0.717, 1.165) is 22.1 Å². The van der Waals surface area contributed by atoms with Crippen molar-refractivity contribution in [1.29, 1.82) is 0 Å².